The van der Waals surface area contributed by atoms with E-state index in [1.165, 1.54) is 12.3 Å². The van der Waals surface area contributed by atoms with Gasteiger partial charge in [0.15, 0.2) is 0 Å². The summed E-state index contributed by atoms with van der Waals surface area (Å²) in [5.41, 5.74) is 1.23. The number of carboxylic acid groups (broad SMARTS) is 1. The van der Waals surface area contributed by atoms with Gasteiger partial charge >= 0.3 is 5.97 Å². The van der Waals surface area contributed by atoms with Crippen LogP contribution in [0.25, 0.3) is 0 Å². The van der Waals surface area contributed by atoms with Crippen molar-refractivity contribution in [3.05, 3.63) is 53.7 Å². The normalized spacial score (nSPS) is 9.95. The molecule has 2 rings (SSSR count). The fourth-order valence-corrected chi connectivity index (χ4v) is 1.60. The molecule has 0 bridgehead atoms. The van der Waals surface area contributed by atoms with Crippen LogP contribution in [0.4, 0.5) is 5.82 Å². The number of aromatic nitrogens is 1. The van der Waals surface area contributed by atoms with Gasteiger partial charge in [0.05, 0.1) is 12.7 Å². The van der Waals surface area contributed by atoms with E-state index in [0.29, 0.717) is 12.4 Å². The van der Waals surface area contributed by atoms with Gasteiger partial charge in [-0.15, -0.1) is 0 Å². The Bertz CT molecular complexity index is 567. The predicted molar refractivity (Wildman–Crippen MR) is 71.5 cm³/mol. The summed E-state index contributed by atoms with van der Waals surface area (Å²) in [5, 5.41) is 11.9. The van der Waals surface area contributed by atoms with E-state index in [4.69, 9.17) is 9.84 Å². The number of anilines is 1. The van der Waals surface area contributed by atoms with Gasteiger partial charge in [0.2, 0.25) is 0 Å². The maximum atomic E-state index is 10.7. The number of nitrogens with zero attached hydrogens (tertiary/aromatic N) is 1. The molecule has 0 radical (unpaired) electrons. The molecule has 0 saturated heterocycles. The van der Waals surface area contributed by atoms with Crippen LogP contribution in [-0.4, -0.2) is 23.2 Å². The minimum atomic E-state index is -0.980. The number of aromatic carboxylic acids is 1. The molecule has 5 nitrogen and oxygen atoms in total. The van der Waals surface area contributed by atoms with Crippen molar-refractivity contribution in [1.82, 2.24) is 4.98 Å². The Morgan fingerprint density at radius 2 is 2.21 bits per heavy atom. The van der Waals surface area contributed by atoms with Crippen molar-refractivity contribution in [2.45, 2.75) is 6.54 Å². The second-order valence-corrected chi connectivity index (χ2v) is 3.94. The number of pyridine rings is 1. The Morgan fingerprint density at radius 3 is 2.84 bits per heavy atom. The van der Waals surface area contributed by atoms with Crippen LogP contribution in [0, 0.1) is 0 Å². The van der Waals surface area contributed by atoms with Crippen LogP contribution in [0.3, 0.4) is 0 Å². The molecule has 0 atom stereocenters. The topological polar surface area (TPSA) is 71.5 Å². The van der Waals surface area contributed by atoms with E-state index in [1.807, 2.05) is 24.3 Å². The van der Waals surface area contributed by atoms with Gasteiger partial charge in [0, 0.05) is 12.7 Å². The monoisotopic (exact) mass is 258 g/mol. The van der Waals surface area contributed by atoms with Gasteiger partial charge < -0.3 is 15.2 Å². The largest absolute Gasteiger partial charge is 0.497 e. The van der Waals surface area contributed by atoms with Crippen molar-refractivity contribution < 1.29 is 14.6 Å². The van der Waals surface area contributed by atoms with E-state index in [1.54, 1.807) is 13.2 Å². The highest BCUT2D eigenvalue weighted by atomic mass is 16.5. The van der Waals surface area contributed by atoms with Gasteiger partial charge in [-0.25, -0.2) is 9.78 Å². The third-order valence-electron chi connectivity index (χ3n) is 2.62. The SMILES string of the molecule is COc1cccc(CNc2ccc(C(=O)O)cn2)c1. The van der Waals surface area contributed by atoms with Crippen LogP contribution in [0.1, 0.15) is 15.9 Å². The number of nitrogens with one attached hydrogen (secondary N) is 1. The lowest BCUT2D eigenvalue weighted by atomic mass is 10.2. The lowest BCUT2D eigenvalue weighted by Gasteiger charge is -2.07. The van der Waals surface area contributed by atoms with Crippen LogP contribution in [-0.2, 0) is 6.54 Å². The third-order valence-corrected chi connectivity index (χ3v) is 2.62. The lowest BCUT2D eigenvalue weighted by Crippen LogP contribution is -2.03. The summed E-state index contributed by atoms with van der Waals surface area (Å²) in [6.45, 7) is 0.594. The fourth-order valence-electron chi connectivity index (χ4n) is 1.60. The minimum absolute atomic E-state index is 0.173. The van der Waals surface area contributed by atoms with Crippen molar-refractivity contribution in [3.8, 4) is 5.75 Å². The summed E-state index contributed by atoms with van der Waals surface area (Å²) in [5.74, 6) is 0.452. The molecule has 0 aliphatic carbocycles. The lowest BCUT2D eigenvalue weighted by molar-refractivity contribution is 0.0696. The standard InChI is InChI=1S/C14H14N2O3/c1-19-12-4-2-3-10(7-12)8-15-13-6-5-11(9-16-13)14(17)18/h2-7,9H,8H2,1H3,(H,15,16)(H,17,18). The molecule has 98 valence electrons. The van der Waals surface area contributed by atoms with Crippen molar-refractivity contribution >= 4 is 11.8 Å². The molecular formula is C14H14N2O3. The summed E-state index contributed by atoms with van der Waals surface area (Å²) in [6, 6.07) is 10.9. The number of carboxylic acids is 1. The molecule has 0 fully saturated rings. The smallest absolute Gasteiger partial charge is 0.337 e. The number of rotatable bonds is 5. The van der Waals surface area contributed by atoms with Crippen molar-refractivity contribution in [2.75, 3.05) is 12.4 Å². The molecule has 1 aromatic heterocycles. The fraction of sp³-hybridized carbons (Fsp3) is 0.143. The zero-order valence-corrected chi connectivity index (χ0v) is 10.5. The van der Waals surface area contributed by atoms with Crippen LogP contribution in [0.5, 0.6) is 5.75 Å². The van der Waals surface area contributed by atoms with Crippen LogP contribution < -0.4 is 10.1 Å². The molecule has 1 heterocycles. The third kappa shape index (κ3) is 3.45. The van der Waals surface area contributed by atoms with Crippen LogP contribution in [0.15, 0.2) is 42.6 Å². The Labute approximate surface area is 110 Å². The first-order chi connectivity index (χ1) is 9.19. The van der Waals surface area contributed by atoms with Gasteiger partial charge in [-0.3, -0.25) is 0 Å². The van der Waals surface area contributed by atoms with Gasteiger partial charge in [-0.2, -0.15) is 0 Å². The maximum absolute atomic E-state index is 10.7. The molecule has 1 aromatic carbocycles. The molecular weight excluding hydrogens is 244 g/mol. The van der Waals surface area contributed by atoms with Gasteiger partial charge in [-0.1, -0.05) is 12.1 Å². The number of hydrogen-bond acceptors (Lipinski definition) is 4. The number of carbonyl (C=O) groups is 1. The average molecular weight is 258 g/mol. The summed E-state index contributed by atoms with van der Waals surface area (Å²) in [4.78, 5) is 14.7. The summed E-state index contributed by atoms with van der Waals surface area (Å²) in [7, 11) is 1.62. The second kappa shape index (κ2) is 5.86. The van der Waals surface area contributed by atoms with Gasteiger partial charge in [0.1, 0.15) is 11.6 Å². The van der Waals surface area contributed by atoms with E-state index >= 15 is 0 Å². The molecule has 0 unspecified atom stereocenters. The highest BCUT2D eigenvalue weighted by Crippen LogP contribution is 2.14. The predicted octanol–water partition coefficient (Wildman–Crippen LogP) is 2.40. The Morgan fingerprint density at radius 1 is 1.37 bits per heavy atom. The molecule has 0 aliphatic heterocycles. The van der Waals surface area contributed by atoms with E-state index in [0.717, 1.165) is 11.3 Å². The molecule has 2 aromatic rings. The first-order valence-electron chi connectivity index (χ1n) is 5.75. The van der Waals surface area contributed by atoms with Crippen molar-refractivity contribution in [2.24, 2.45) is 0 Å². The zero-order chi connectivity index (χ0) is 13.7. The maximum Gasteiger partial charge on any atom is 0.337 e. The summed E-state index contributed by atoms with van der Waals surface area (Å²) in [6.07, 6.45) is 1.33. The van der Waals surface area contributed by atoms with E-state index in [9.17, 15) is 4.79 Å². The molecule has 0 spiro atoms. The van der Waals surface area contributed by atoms with Gasteiger partial charge in [0.25, 0.3) is 0 Å². The molecule has 19 heavy (non-hydrogen) atoms. The highest BCUT2D eigenvalue weighted by molar-refractivity contribution is 5.87. The number of methoxy groups -OCH3 is 1. The van der Waals surface area contributed by atoms with Crippen molar-refractivity contribution in [1.29, 1.82) is 0 Å². The van der Waals surface area contributed by atoms with Gasteiger partial charge in [-0.05, 0) is 29.8 Å². The van der Waals surface area contributed by atoms with Crippen LogP contribution >= 0.6 is 0 Å². The average Bonchev–Trinajstić information content (AvgIpc) is 2.46. The molecule has 0 amide bonds. The molecule has 2 N–H and O–H groups in total. The van der Waals surface area contributed by atoms with Crippen LogP contribution in [0.2, 0.25) is 0 Å². The van der Waals surface area contributed by atoms with Crippen molar-refractivity contribution in [3.63, 3.8) is 0 Å². The highest BCUT2D eigenvalue weighted by Gasteiger charge is 2.02. The summed E-state index contributed by atoms with van der Waals surface area (Å²) >= 11 is 0. The number of ether oxygens (including phenoxy) is 1. The quantitative estimate of drug-likeness (QED) is 0.861. The number of benzene rings is 1. The number of hydrogen-bond donors (Lipinski definition) is 2. The second-order valence-electron chi connectivity index (χ2n) is 3.94. The Kier molecular flexibility index (Phi) is 3.97. The van der Waals surface area contributed by atoms with E-state index < -0.39 is 5.97 Å². The molecule has 5 heteroatoms. The minimum Gasteiger partial charge on any atom is -0.497 e. The Balaban J connectivity index is 1.99. The molecule has 0 saturated carbocycles. The van der Waals surface area contributed by atoms with E-state index in [2.05, 4.69) is 10.3 Å². The first kappa shape index (κ1) is 12.9. The first-order valence-corrected chi connectivity index (χ1v) is 5.75. The Hall–Kier alpha value is -2.56. The van der Waals surface area contributed by atoms with E-state index in [-0.39, 0.29) is 5.56 Å². The zero-order valence-electron chi connectivity index (χ0n) is 10.5. The molecule has 0 aliphatic rings. The summed E-state index contributed by atoms with van der Waals surface area (Å²) < 4.78 is 5.14.